The molecule has 2 saturated carbocycles. The summed E-state index contributed by atoms with van der Waals surface area (Å²) in [5.41, 5.74) is 1.10. The van der Waals surface area contributed by atoms with Crippen LogP contribution in [0.3, 0.4) is 0 Å². The van der Waals surface area contributed by atoms with Gasteiger partial charge in [0, 0.05) is 11.8 Å². The summed E-state index contributed by atoms with van der Waals surface area (Å²) in [6.07, 6.45) is 4.63. The largest absolute Gasteiger partial charge is 0.473 e. The number of ether oxygens (including phenoxy) is 3. The SMILES string of the molecule is [C-]#[N+]c1ccc(Nc2ncnc(OC3C4COCC3CC(C(=O)OC3CC3)C4)c2C)c(F)c1. The molecule has 0 radical (unpaired) electrons. The molecule has 2 aromatic rings. The summed E-state index contributed by atoms with van der Waals surface area (Å²) in [7, 11) is 0. The number of nitrogens with zero attached hydrogens (tertiary/aromatic N) is 3. The number of carbonyl (C=O) groups excluding carboxylic acids is 1. The van der Waals surface area contributed by atoms with Crippen LogP contribution < -0.4 is 10.1 Å². The molecule has 2 aliphatic carbocycles. The minimum Gasteiger partial charge on any atom is -0.473 e. The zero-order chi connectivity index (χ0) is 22.9. The van der Waals surface area contributed by atoms with Gasteiger partial charge in [0.15, 0.2) is 5.69 Å². The Hall–Kier alpha value is -3.25. The van der Waals surface area contributed by atoms with Crippen LogP contribution in [0.5, 0.6) is 5.88 Å². The van der Waals surface area contributed by atoms with Gasteiger partial charge in [0.25, 0.3) is 0 Å². The quantitative estimate of drug-likeness (QED) is 0.515. The summed E-state index contributed by atoms with van der Waals surface area (Å²) in [5, 5.41) is 2.97. The second-order valence-electron chi connectivity index (χ2n) is 9.00. The van der Waals surface area contributed by atoms with Gasteiger partial charge >= 0.3 is 5.97 Å². The Bertz CT molecular complexity index is 1090. The van der Waals surface area contributed by atoms with Crippen molar-refractivity contribution in [2.75, 3.05) is 18.5 Å². The molecule has 1 saturated heterocycles. The van der Waals surface area contributed by atoms with Gasteiger partial charge in [-0.2, -0.15) is 0 Å². The molecule has 3 fully saturated rings. The van der Waals surface area contributed by atoms with Crippen molar-refractivity contribution in [3.63, 3.8) is 0 Å². The monoisotopic (exact) mass is 452 g/mol. The molecule has 5 rings (SSSR count). The summed E-state index contributed by atoms with van der Waals surface area (Å²) >= 11 is 0. The fourth-order valence-electron chi connectivity index (χ4n) is 4.62. The molecule has 0 spiro atoms. The van der Waals surface area contributed by atoms with Crippen LogP contribution in [0.4, 0.5) is 21.6 Å². The second-order valence-corrected chi connectivity index (χ2v) is 9.00. The Morgan fingerprint density at radius 3 is 2.67 bits per heavy atom. The molecule has 9 heteroatoms. The van der Waals surface area contributed by atoms with Gasteiger partial charge in [-0.05, 0) is 44.7 Å². The van der Waals surface area contributed by atoms with Crippen LogP contribution in [0.15, 0.2) is 24.5 Å². The fraction of sp³-hybridized carbons (Fsp3) is 0.500. The molecule has 2 heterocycles. The van der Waals surface area contributed by atoms with E-state index in [-0.39, 0.29) is 47.3 Å². The Kier molecular flexibility index (Phi) is 5.85. The molecule has 1 aliphatic heterocycles. The maximum atomic E-state index is 14.3. The summed E-state index contributed by atoms with van der Waals surface area (Å²) < 4.78 is 32.0. The van der Waals surface area contributed by atoms with Crippen LogP contribution in [-0.4, -0.2) is 41.4 Å². The van der Waals surface area contributed by atoms with Crippen LogP contribution in [0, 0.1) is 37.1 Å². The normalized spacial score (nSPS) is 26.2. The van der Waals surface area contributed by atoms with E-state index in [1.165, 1.54) is 18.5 Å². The molecule has 1 aromatic heterocycles. The average Bonchev–Trinajstić information content (AvgIpc) is 3.61. The maximum absolute atomic E-state index is 14.3. The summed E-state index contributed by atoms with van der Waals surface area (Å²) in [4.78, 5) is 24.3. The van der Waals surface area contributed by atoms with Crippen LogP contribution in [0.2, 0.25) is 0 Å². The molecule has 33 heavy (non-hydrogen) atoms. The Balaban J connectivity index is 1.30. The predicted octanol–water partition coefficient (Wildman–Crippen LogP) is 4.34. The minimum absolute atomic E-state index is 0.0682. The van der Waals surface area contributed by atoms with Crippen molar-refractivity contribution in [1.82, 2.24) is 9.97 Å². The van der Waals surface area contributed by atoms with E-state index < -0.39 is 5.82 Å². The standard InChI is InChI=1S/C24H25FN4O4/c1-13-22(29-20-6-3-17(26-2)9-19(20)25)27-12-28-23(13)33-21-15-7-14(8-16(21)11-31-10-15)24(30)32-18-4-5-18/h3,6,9,12,14-16,18,21H,4-5,7-8,10-11H2,1H3,(H,27,28,29). The van der Waals surface area contributed by atoms with Crippen molar-refractivity contribution in [3.8, 4) is 5.88 Å². The van der Waals surface area contributed by atoms with Gasteiger partial charge in [-0.1, -0.05) is 6.07 Å². The molecule has 8 nitrogen and oxygen atoms in total. The van der Waals surface area contributed by atoms with Crippen LogP contribution >= 0.6 is 0 Å². The third kappa shape index (κ3) is 4.62. The number of anilines is 2. The Morgan fingerprint density at radius 2 is 2.00 bits per heavy atom. The lowest BCUT2D eigenvalue weighted by Crippen LogP contribution is -2.50. The predicted molar refractivity (Wildman–Crippen MR) is 117 cm³/mol. The first-order valence-electron chi connectivity index (χ1n) is 11.2. The molecule has 2 atom stereocenters. The summed E-state index contributed by atoms with van der Waals surface area (Å²) in [6, 6.07) is 4.23. The van der Waals surface area contributed by atoms with E-state index >= 15 is 0 Å². The van der Waals surface area contributed by atoms with E-state index in [1.807, 2.05) is 6.92 Å². The molecule has 1 aromatic carbocycles. The number of hydrogen-bond donors (Lipinski definition) is 1. The summed E-state index contributed by atoms with van der Waals surface area (Å²) in [5.74, 6) is 0.242. The number of rotatable bonds is 6. The van der Waals surface area contributed by atoms with E-state index in [1.54, 1.807) is 6.07 Å². The highest BCUT2D eigenvalue weighted by atomic mass is 19.1. The van der Waals surface area contributed by atoms with Gasteiger partial charge < -0.3 is 19.5 Å². The third-order valence-electron chi connectivity index (χ3n) is 6.53. The van der Waals surface area contributed by atoms with Crippen LogP contribution in [0.1, 0.15) is 31.2 Å². The van der Waals surface area contributed by atoms with E-state index in [0.717, 1.165) is 12.8 Å². The lowest BCUT2D eigenvalue weighted by Gasteiger charge is -2.44. The van der Waals surface area contributed by atoms with E-state index in [9.17, 15) is 9.18 Å². The van der Waals surface area contributed by atoms with Gasteiger partial charge in [0.1, 0.15) is 30.2 Å². The lowest BCUT2D eigenvalue weighted by molar-refractivity contribution is -0.160. The number of carbonyl (C=O) groups is 1. The van der Waals surface area contributed by atoms with Gasteiger partial charge in [-0.15, -0.1) is 0 Å². The summed E-state index contributed by atoms with van der Waals surface area (Å²) in [6.45, 7) is 9.88. The smallest absolute Gasteiger partial charge is 0.309 e. The van der Waals surface area contributed by atoms with Crippen molar-refractivity contribution in [2.45, 2.75) is 44.8 Å². The van der Waals surface area contributed by atoms with Crippen molar-refractivity contribution >= 4 is 23.2 Å². The van der Waals surface area contributed by atoms with Gasteiger partial charge in [-0.25, -0.2) is 19.2 Å². The molecule has 2 bridgehead atoms. The number of fused-ring (bicyclic) bond motifs is 2. The molecule has 3 aliphatic rings. The van der Waals surface area contributed by atoms with Gasteiger partial charge in [0.2, 0.25) is 5.88 Å². The highest BCUT2D eigenvalue weighted by molar-refractivity contribution is 5.73. The molecule has 2 unspecified atom stereocenters. The van der Waals surface area contributed by atoms with Crippen molar-refractivity contribution < 1.29 is 23.4 Å². The van der Waals surface area contributed by atoms with Gasteiger partial charge in [-0.3, -0.25) is 4.79 Å². The van der Waals surface area contributed by atoms with Crippen molar-refractivity contribution in [3.05, 3.63) is 47.3 Å². The highest BCUT2D eigenvalue weighted by Crippen LogP contribution is 2.41. The fourth-order valence-corrected chi connectivity index (χ4v) is 4.62. The van der Waals surface area contributed by atoms with Gasteiger partial charge in [0.05, 0.1) is 37.0 Å². The van der Waals surface area contributed by atoms with E-state index in [2.05, 4.69) is 20.1 Å². The zero-order valence-electron chi connectivity index (χ0n) is 18.3. The molecule has 1 N–H and O–H groups in total. The first-order valence-corrected chi connectivity index (χ1v) is 11.2. The number of halogens is 1. The topological polar surface area (TPSA) is 86.9 Å². The molecular formula is C24H25FN4O4. The molecule has 172 valence electrons. The minimum atomic E-state index is -0.535. The Morgan fingerprint density at radius 1 is 1.24 bits per heavy atom. The van der Waals surface area contributed by atoms with E-state index in [4.69, 9.17) is 20.8 Å². The van der Waals surface area contributed by atoms with Crippen LogP contribution in [0.25, 0.3) is 4.85 Å². The van der Waals surface area contributed by atoms with Crippen LogP contribution in [-0.2, 0) is 14.3 Å². The first-order chi connectivity index (χ1) is 16.0. The van der Waals surface area contributed by atoms with E-state index in [0.29, 0.717) is 43.3 Å². The highest BCUT2D eigenvalue weighted by Gasteiger charge is 2.46. The number of hydrogen-bond acceptors (Lipinski definition) is 7. The second kappa shape index (κ2) is 8.94. The Labute approximate surface area is 191 Å². The lowest BCUT2D eigenvalue weighted by atomic mass is 9.72. The number of benzene rings is 1. The number of aromatic nitrogens is 2. The maximum Gasteiger partial charge on any atom is 0.309 e. The van der Waals surface area contributed by atoms with Crippen molar-refractivity contribution in [2.24, 2.45) is 17.8 Å². The molecule has 0 amide bonds. The average molecular weight is 452 g/mol. The number of esters is 1. The zero-order valence-corrected chi connectivity index (χ0v) is 18.3. The molecular weight excluding hydrogens is 427 g/mol. The van der Waals surface area contributed by atoms with Crippen molar-refractivity contribution in [1.29, 1.82) is 0 Å². The third-order valence-corrected chi connectivity index (χ3v) is 6.53. The number of nitrogens with one attached hydrogen (secondary N) is 1. The first kappa shape index (κ1) is 21.6.